The van der Waals surface area contributed by atoms with Crippen LogP contribution in [0.5, 0.6) is 0 Å². The number of benzene rings is 2. The van der Waals surface area contributed by atoms with Gasteiger partial charge in [0.25, 0.3) is 5.56 Å². The predicted molar refractivity (Wildman–Crippen MR) is 168 cm³/mol. The number of nitrogens with zero attached hydrogens (tertiary/aromatic N) is 6. The lowest BCUT2D eigenvalue weighted by molar-refractivity contribution is -0.127. The zero-order valence-electron chi connectivity index (χ0n) is 24.3. The Bertz CT molecular complexity index is 1780. The quantitative estimate of drug-likeness (QED) is 0.288. The Morgan fingerprint density at radius 3 is 2.43 bits per heavy atom. The van der Waals surface area contributed by atoms with Crippen molar-refractivity contribution in [1.82, 2.24) is 24.6 Å². The fourth-order valence-electron chi connectivity index (χ4n) is 5.30. The Morgan fingerprint density at radius 1 is 1.02 bits per heavy atom. The molecule has 0 saturated heterocycles. The Morgan fingerprint density at radius 2 is 1.74 bits per heavy atom. The van der Waals surface area contributed by atoms with Crippen molar-refractivity contribution in [3.63, 3.8) is 0 Å². The van der Waals surface area contributed by atoms with Crippen molar-refractivity contribution in [1.29, 1.82) is 0 Å². The van der Waals surface area contributed by atoms with Crippen LogP contribution < -0.4 is 11.3 Å². The second-order valence-corrected chi connectivity index (χ2v) is 11.0. The van der Waals surface area contributed by atoms with Gasteiger partial charge in [0.1, 0.15) is 18.2 Å². The zero-order valence-corrected chi connectivity index (χ0v) is 25.1. The summed E-state index contributed by atoms with van der Waals surface area (Å²) in [5.74, 6) is 0.854. The molecule has 2 N–H and O–H groups in total. The van der Waals surface area contributed by atoms with Gasteiger partial charge in [-0.1, -0.05) is 31.5 Å². The summed E-state index contributed by atoms with van der Waals surface area (Å²) in [7, 11) is 0. The molecule has 4 aromatic rings. The third-order valence-electron chi connectivity index (χ3n) is 7.12. The molecule has 1 aliphatic rings. The average Bonchev–Trinajstić information content (AvgIpc) is 3.12. The van der Waals surface area contributed by atoms with Crippen molar-refractivity contribution in [3.8, 4) is 11.1 Å². The second kappa shape index (κ2) is 12.2. The van der Waals surface area contributed by atoms with Gasteiger partial charge < -0.3 is 10.6 Å². The lowest BCUT2D eigenvalue weighted by Crippen LogP contribution is -2.34. The standard InChI is InChI=1S/C32H34ClN7O2/c1-5-9-39(10-6-2)31(41)23-13-26-27(33)14-22(15-28(26)38-29(34)16-23)21-7-8-25-24(12-21)17-35-40(32(25)42)18-30-36-19(3)11-20(4)37-30/h7-8,11-15,17H,5-6,9-10,16,18H2,1-4H3,(H2,34,38). The van der Waals surface area contributed by atoms with Gasteiger partial charge in [0.2, 0.25) is 5.91 Å². The van der Waals surface area contributed by atoms with Crippen molar-refractivity contribution in [2.75, 3.05) is 13.1 Å². The van der Waals surface area contributed by atoms with Crippen molar-refractivity contribution >= 4 is 45.9 Å². The Balaban J connectivity index is 1.49. The monoisotopic (exact) mass is 583 g/mol. The minimum absolute atomic E-state index is 0.0402. The molecule has 3 heterocycles. The molecule has 5 rings (SSSR count). The molecule has 1 amide bonds. The van der Waals surface area contributed by atoms with Crippen molar-refractivity contribution < 1.29 is 4.79 Å². The SMILES string of the molecule is CCCN(CCC)C(=O)C1=Cc2c(Cl)cc(-c3ccc4c(=O)n(Cc5nc(C)cc(C)n5)ncc4c3)cc2N=C(N)C1. The third-order valence-corrected chi connectivity index (χ3v) is 7.43. The summed E-state index contributed by atoms with van der Waals surface area (Å²) in [6.07, 6.45) is 5.49. The van der Waals surface area contributed by atoms with Crippen LogP contribution in [-0.2, 0) is 11.3 Å². The smallest absolute Gasteiger partial charge is 0.275 e. The molecule has 2 aromatic carbocycles. The molecular weight excluding hydrogens is 550 g/mol. The Labute approximate surface area is 249 Å². The van der Waals surface area contributed by atoms with Gasteiger partial charge in [0.05, 0.1) is 22.3 Å². The molecule has 10 heteroatoms. The van der Waals surface area contributed by atoms with Gasteiger partial charge in [-0.3, -0.25) is 9.59 Å². The number of amidine groups is 1. The summed E-state index contributed by atoms with van der Waals surface area (Å²) in [6.45, 7) is 9.46. The fraction of sp³-hybridized carbons (Fsp3) is 0.312. The van der Waals surface area contributed by atoms with E-state index in [0.29, 0.717) is 57.4 Å². The fourth-order valence-corrected chi connectivity index (χ4v) is 5.57. The lowest BCUT2D eigenvalue weighted by atomic mass is 9.99. The van der Waals surface area contributed by atoms with E-state index in [1.54, 1.807) is 12.3 Å². The molecule has 42 heavy (non-hydrogen) atoms. The van der Waals surface area contributed by atoms with E-state index in [4.69, 9.17) is 17.3 Å². The van der Waals surface area contributed by atoms with Gasteiger partial charge in [0.15, 0.2) is 0 Å². The maximum atomic E-state index is 13.4. The number of nitrogens with two attached hydrogens (primary N) is 1. The molecule has 216 valence electrons. The van der Waals surface area contributed by atoms with Gasteiger partial charge in [-0.25, -0.2) is 19.6 Å². The molecule has 0 spiro atoms. The number of hydrogen-bond donors (Lipinski definition) is 1. The normalized spacial score (nSPS) is 12.9. The van der Waals surface area contributed by atoms with Crippen molar-refractivity contribution in [2.45, 2.75) is 53.5 Å². The Hall–Kier alpha value is -4.37. The van der Waals surface area contributed by atoms with Crippen LogP contribution in [0.25, 0.3) is 28.0 Å². The summed E-state index contributed by atoms with van der Waals surface area (Å²) in [5.41, 5.74) is 11.2. The Kier molecular flexibility index (Phi) is 8.49. The van der Waals surface area contributed by atoms with Gasteiger partial charge in [-0.15, -0.1) is 0 Å². The minimum atomic E-state index is -0.221. The zero-order chi connectivity index (χ0) is 30.0. The van der Waals surface area contributed by atoms with E-state index < -0.39 is 0 Å². The molecule has 9 nitrogen and oxygen atoms in total. The molecule has 0 saturated carbocycles. The van der Waals surface area contributed by atoms with Crippen molar-refractivity contribution in [3.05, 3.63) is 86.3 Å². The number of hydrogen-bond acceptors (Lipinski definition) is 7. The molecule has 0 atom stereocenters. The van der Waals surface area contributed by atoms with Crippen LogP contribution in [0.3, 0.4) is 0 Å². The van der Waals surface area contributed by atoms with Crippen molar-refractivity contribution in [2.24, 2.45) is 10.7 Å². The largest absolute Gasteiger partial charge is 0.387 e. The topological polar surface area (TPSA) is 119 Å². The number of aliphatic imine (C=N–C) groups is 1. The summed E-state index contributed by atoms with van der Waals surface area (Å²) < 4.78 is 1.38. The van der Waals surface area contributed by atoms with Gasteiger partial charge in [-0.05, 0) is 74.2 Å². The molecule has 0 unspecified atom stereocenters. The van der Waals surface area contributed by atoms with E-state index in [-0.39, 0.29) is 24.4 Å². The number of carbonyl (C=O) groups excluding carboxylic acids is 1. The van der Waals surface area contributed by atoms with Crippen LogP contribution in [0, 0.1) is 13.8 Å². The van der Waals surface area contributed by atoms with Crippen LogP contribution in [0.4, 0.5) is 5.69 Å². The van der Waals surface area contributed by atoms with Gasteiger partial charge in [-0.2, -0.15) is 5.10 Å². The summed E-state index contributed by atoms with van der Waals surface area (Å²) in [4.78, 5) is 41.9. The van der Waals surface area contributed by atoms with Crippen LogP contribution in [-0.4, -0.2) is 49.5 Å². The van der Waals surface area contributed by atoms with Crippen LogP contribution >= 0.6 is 11.6 Å². The van der Waals surface area contributed by atoms with E-state index in [0.717, 1.165) is 35.4 Å². The first-order chi connectivity index (χ1) is 20.2. The van der Waals surface area contributed by atoms with Crippen LogP contribution in [0.2, 0.25) is 5.02 Å². The number of fused-ring (bicyclic) bond motifs is 2. The second-order valence-electron chi connectivity index (χ2n) is 10.6. The first-order valence-electron chi connectivity index (χ1n) is 14.1. The average molecular weight is 584 g/mol. The third kappa shape index (κ3) is 6.11. The number of halogens is 1. The molecule has 1 aliphatic heterocycles. The lowest BCUT2D eigenvalue weighted by Gasteiger charge is -2.22. The number of amides is 1. The number of rotatable bonds is 8. The molecular formula is C32H34ClN7O2. The highest BCUT2D eigenvalue weighted by atomic mass is 35.5. The maximum Gasteiger partial charge on any atom is 0.275 e. The van der Waals surface area contributed by atoms with Gasteiger partial charge >= 0.3 is 0 Å². The first-order valence-corrected chi connectivity index (χ1v) is 14.5. The number of aromatic nitrogens is 4. The number of aryl methyl sites for hydroxylation is 2. The van der Waals surface area contributed by atoms with E-state index >= 15 is 0 Å². The van der Waals surface area contributed by atoms with E-state index in [2.05, 4.69) is 33.9 Å². The van der Waals surface area contributed by atoms with Gasteiger partial charge in [0, 0.05) is 47.4 Å². The molecule has 0 radical (unpaired) electrons. The van der Waals surface area contributed by atoms with E-state index in [1.807, 2.05) is 55.2 Å². The predicted octanol–water partition coefficient (Wildman–Crippen LogP) is 5.60. The van der Waals surface area contributed by atoms with Crippen LogP contribution in [0.15, 0.2) is 58.0 Å². The highest BCUT2D eigenvalue weighted by molar-refractivity contribution is 6.33. The minimum Gasteiger partial charge on any atom is -0.387 e. The molecule has 0 aliphatic carbocycles. The highest BCUT2D eigenvalue weighted by Crippen LogP contribution is 2.37. The number of carbonyl (C=O) groups is 1. The van der Waals surface area contributed by atoms with E-state index in [9.17, 15) is 9.59 Å². The van der Waals surface area contributed by atoms with E-state index in [1.165, 1.54) is 4.68 Å². The molecule has 0 fully saturated rings. The maximum absolute atomic E-state index is 13.4. The highest BCUT2D eigenvalue weighted by Gasteiger charge is 2.22. The summed E-state index contributed by atoms with van der Waals surface area (Å²) in [6, 6.07) is 11.2. The molecule has 2 aromatic heterocycles. The summed E-state index contributed by atoms with van der Waals surface area (Å²) >= 11 is 6.80. The summed E-state index contributed by atoms with van der Waals surface area (Å²) in [5, 5.41) is 6.09. The molecule has 0 bridgehead atoms. The first kappa shape index (κ1) is 29.1. The van der Waals surface area contributed by atoms with Crippen LogP contribution in [0.1, 0.15) is 55.9 Å².